The molecule has 8 heteroatoms. The third-order valence-corrected chi connectivity index (χ3v) is 5.61. The molecule has 1 amide bonds. The number of amides is 1. The summed E-state index contributed by atoms with van der Waals surface area (Å²) in [5, 5.41) is 0. The molecule has 1 N–H and O–H groups in total. The van der Waals surface area contributed by atoms with Crippen molar-refractivity contribution in [2.75, 3.05) is 11.9 Å². The molecule has 0 bridgehead atoms. The highest BCUT2D eigenvalue weighted by Crippen LogP contribution is 2.18. The van der Waals surface area contributed by atoms with Crippen LogP contribution in [-0.4, -0.2) is 32.1 Å². The van der Waals surface area contributed by atoms with Crippen LogP contribution in [0.25, 0.3) is 11.2 Å². The molecular formula is C24H33N5O3. The lowest BCUT2D eigenvalue weighted by Crippen LogP contribution is -2.31. The molecule has 0 aliphatic carbocycles. The molecule has 1 aromatic carbocycles. The van der Waals surface area contributed by atoms with Crippen molar-refractivity contribution in [1.29, 1.82) is 0 Å². The van der Waals surface area contributed by atoms with Crippen LogP contribution in [0.3, 0.4) is 0 Å². The molecule has 3 rings (SSSR count). The zero-order chi connectivity index (χ0) is 23.4. The Morgan fingerprint density at radius 1 is 1.16 bits per heavy atom. The number of fused-ring (bicyclic) bond motifs is 1. The van der Waals surface area contributed by atoms with Gasteiger partial charge in [-0.3, -0.25) is 19.1 Å². The summed E-state index contributed by atoms with van der Waals surface area (Å²) in [4.78, 5) is 46.7. The number of H-pyrrole nitrogens is 1. The van der Waals surface area contributed by atoms with Crippen LogP contribution >= 0.6 is 0 Å². The van der Waals surface area contributed by atoms with E-state index in [1.807, 2.05) is 42.7 Å². The topological polar surface area (TPSA) is 93.0 Å². The van der Waals surface area contributed by atoms with Crippen LogP contribution < -0.4 is 16.1 Å². The number of rotatable bonds is 9. The summed E-state index contributed by atoms with van der Waals surface area (Å²) in [6, 6.07) is 7.80. The second-order valence-corrected chi connectivity index (χ2v) is 8.76. The lowest BCUT2D eigenvalue weighted by molar-refractivity contribution is -0.118. The first-order valence-electron chi connectivity index (χ1n) is 11.3. The van der Waals surface area contributed by atoms with Crippen LogP contribution in [0.15, 0.2) is 33.9 Å². The molecule has 2 heterocycles. The predicted octanol–water partition coefficient (Wildman–Crippen LogP) is 3.25. The molecular weight excluding hydrogens is 406 g/mol. The van der Waals surface area contributed by atoms with Crippen molar-refractivity contribution in [3.63, 3.8) is 0 Å². The number of hydrogen-bond acceptors (Lipinski definition) is 4. The van der Waals surface area contributed by atoms with Gasteiger partial charge in [-0.25, -0.2) is 9.78 Å². The zero-order valence-electron chi connectivity index (χ0n) is 19.6. The Labute approximate surface area is 187 Å². The number of nitrogens with zero attached hydrogens (tertiary/aromatic N) is 4. The third kappa shape index (κ3) is 5.00. The van der Waals surface area contributed by atoms with E-state index in [-0.39, 0.29) is 18.2 Å². The van der Waals surface area contributed by atoms with Crippen molar-refractivity contribution < 1.29 is 4.79 Å². The summed E-state index contributed by atoms with van der Waals surface area (Å²) >= 11 is 0. The van der Waals surface area contributed by atoms with Crippen molar-refractivity contribution in [2.45, 2.75) is 66.5 Å². The number of anilines is 1. The first-order chi connectivity index (χ1) is 15.2. The van der Waals surface area contributed by atoms with Gasteiger partial charge in [0, 0.05) is 38.7 Å². The minimum absolute atomic E-state index is 0.0331. The fraction of sp³-hybridized carbons (Fsp3) is 0.500. The van der Waals surface area contributed by atoms with E-state index in [0.29, 0.717) is 36.5 Å². The molecule has 0 aliphatic rings. The molecule has 3 aromatic rings. The van der Waals surface area contributed by atoms with E-state index in [9.17, 15) is 14.4 Å². The van der Waals surface area contributed by atoms with Gasteiger partial charge in [0.25, 0.3) is 5.56 Å². The molecule has 0 saturated carbocycles. The predicted molar refractivity (Wildman–Crippen MR) is 127 cm³/mol. The molecule has 0 radical (unpaired) electrons. The van der Waals surface area contributed by atoms with Gasteiger partial charge in [-0.2, -0.15) is 0 Å². The number of carbonyl (C=O) groups is 1. The van der Waals surface area contributed by atoms with Gasteiger partial charge in [0.05, 0.1) is 0 Å². The van der Waals surface area contributed by atoms with Gasteiger partial charge in [0.15, 0.2) is 11.2 Å². The molecule has 8 nitrogen and oxygen atoms in total. The maximum absolute atomic E-state index is 12.8. The molecule has 172 valence electrons. The molecule has 0 atom stereocenters. The van der Waals surface area contributed by atoms with E-state index in [0.717, 1.165) is 24.1 Å². The fourth-order valence-corrected chi connectivity index (χ4v) is 3.79. The SMILES string of the molecule is CCCCn1c(=O)[nH]c(=O)c2c1nc(CCC(=O)N(C)c1ccc(C)cc1)n2CC(C)C. The Morgan fingerprint density at radius 3 is 2.47 bits per heavy atom. The number of aromatic amines is 1. The molecule has 0 fully saturated rings. The lowest BCUT2D eigenvalue weighted by Gasteiger charge is -2.18. The van der Waals surface area contributed by atoms with Crippen molar-refractivity contribution in [2.24, 2.45) is 5.92 Å². The number of aryl methyl sites for hydroxylation is 3. The number of carbonyl (C=O) groups excluding carboxylic acids is 1. The fourth-order valence-electron chi connectivity index (χ4n) is 3.79. The quantitative estimate of drug-likeness (QED) is 0.554. The minimum atomic E-state index is -0.438. The Morgan fingerprint density at radius 2 is 1.84 bits per heavy atom. The number of nitrogens with one attached hydrogen (secondary N) is 1. The van der Waals surface area contributed by atoms with Crippen molar-refractivity contribution in [3.05, 3.63) is 56.5 Å². The summed E-state index contributed by atoms with van der Waals surface area (Å²) in [6.07, 6.45) is 2.38. The van der Waals surface area contributed by atoms with E-state index in [1.165, 1.54) is 0 Å². The Balaban J connectivity index is 1.95. The normalized spacial score (nSPS) is 11.4. The van der Waals surface area contributed by atoms with Gasteiger partial charge in [0.1, 0.15) is 5.82 Å². The lowest BCUT2D eigenvalue weighted by atomic mass is 10.2. The molecule has 32 heavy (non-hydrogen) atoms. The average Bonchev–Trinajstić information content (AvgIpc) is 3.09. The smallest absolute Gasteiger partial charge is 0.322 e. The molecule has 0 spiro atoms. The number of imidazole rings is 1. The Hall–Kier alpha value is -3.16. The second kappa shape index (κ2) is 9.97. The van der Waals surface area contributed by atoms with E-state index in [2.05, 4.69) is 18.8 Å². The van der Waals surface area contributed by atoms with Gasteiger partial charge in [-0.15, -0.1) is 0 Å². The summed E-state index contributed by atoms with van der Waals surface area (Å²) in [5.41, 5.74) is 1.91. The Bertz CT molecular complexity index is 1200. The number of unbranched alkanes of at least 4 members (excludes halogenated alkanes) is 1. The van der Waals surface area contributed by atoms with Crippen LogP contribution in [0.2, 0.25) is 0 Å². The third-order valence-electron chi connectivity index (χ3n) is 5.61. The molecule has 2 aromatic heterocycles. The van der Waals surface area contributed by atoms with Crippen LogP contribution in [0.4, 0.5) is 5.69 Å². The van der Waals surface area contributed by atoms with E-state index >= 15 is 0 Å². The standard InChI is InChI=1S/C24H33N5O3/c1-6-7-14-28-22-21(23(31)26-24(28)32)29(15-16(2)3)19(25-22)12-13-20(30)27(5)18-10-8-17(4)9-11-18/h8-11,16H,6-7,12-15H2,1-5H3,(H,26,31,32). The molecule has 0 saturated heterocycles. The van der Waals surface area contributed by atoms with Gasteiger partial charge in [0.2, 0.25) is 5.91 Å². The van der Waals surface area contributed by atoms with Crippen LogP contribution in [0.1, 0.15) is 51.4 Å². The maximum atomic E-state index is 12.8. The second-order valence-electron chi connectivity index (χ2n) is 8.76. The Kier molecular flexibility index (Phi) is 7.33. The minimum Gasteiger partial charge on any atom is -0.322 e. The van der Waals surface area contributed by atoms with Gasteiger partial charge < -0.3 is 9.47 Å². The number of hydrogen-bond donors (Lipinski definition) is 1. The van der Waals surface area contributed by atoms with Crippen LogP contribution in [-0.2, 0) is 24.3 Å². The monoisotopic (exact) mass is 439 g/mol. The average molecular weight is 440 g/mol. The van der Waals surface area contributed by atoms with Crippen LogP contribution in [0.5, 0.6) is 0 Å². The summed E-state index contributed by atoms with van der Waals surface area (Å²) in [7, 11) is 1.76. The largest absolute Gasteiger partial charge is 0.330 e. The van der Waals surface area contributed by atoms with E-state index in [1.54, 1.807) is 16.5 Å². The summed E-state index contributed by atoms with van der Waals surface area (Å²) in [6.45, 7) is 9.26. The zero-order valence-corrected chi connectivity index (χ0v) is 19.6. The molecule has 0 aliphatic heterocycles. The van der Waals surface area contributed by atoms with Gasteiger partial charge >= 0.3 is 5.69 Å². The highest BCUT2D eigenvalue weighted by molar-refractivity contribution is 5.92. The van der Waals surface area contributed by atoms with Crippen molar-refractivity contribution in [1.82, 2.24) is 19.1 Å². The van der Waals surface area contributed by atoms with Gasteiger partial charge in [-0.1, -0.05) is 44.9 Å². The van der Waals surface area contributed by atoms with E-state index in [4.69, 9.17) is 4.98 Å². The maximum Gasteiger partial charge on any atom is 0.330 e. The highest BCUT2D eigenvalue weighted by atomic mass is 16.2. The summed E-state index contributed by atoms with van der Waals surface area (Å²) in [5.74, 6) is 0.891. The highest BCUT2D eigenvalue weighted by Gasteiger charge is 2.20. The van der Waals surface area contributed by atoms with Crippen LogP contribution in [0, 0.1) is 12.8 Å². The first-order valence-corrected chi connectivity index (χ1v) is 11.3. The van der Waals surface area contributed by atoms with E-state index < -0.39 is 11.2 Å². The van der Waals surface area contributed by atoms with Crippen molar-refractivity contribution in [3.8, 4) is 0 Å². The number of benzene rings is 1. The summed E-state index contributed by atoms with van der Waals surface area (Å²) < 4.78 is 3.42. The first kappa shape index (κ1) is 23.5. The number of aromatic nitrogens is 4. The van der Waals surface area contributed by atoms with Crippen molar-refractivity contribution >= 4 is 22.8 Å². The van der Waals surface area contributed by atoms with Gasteiger partial charge in [-0.05, 0) is 31.4 Å². The molecule has 0 unspecified atom stereocenters.